The average molecular weight is 345 g/mol. The highest BCUT2D eigenvalue weighted by Crippen LogP contribution is 2.39. The van der Waals surface area contributed by atoms with Crippen LogP contribution in [0, 0.1) is 6.92 Å². The minimum atomic E-state index is -0.255. The van der Waals surface area contributed by atoms with Crippen LogP contribution >= 0.6 is 0 Å². The van der Waals surface area contributed by atoms with Gasteiger partial charge in [0, 0.05) is 24.4 Å². The molecule has 0 aromatic carbocycles. The van der Waals surface area contributed by atoms with Crippen molar-refractivity contribution in [3.05, 3.63) is 23.5 Å². The quantitative estimate of drug-likeness (QED) is 0.889. The SMILES string of the molecule is Cc1cc(NC(=O)[C@H](C)N2CCC[C@@H](c3noc(C4CC4)n3)C2)no1. The van der Waals surface area contributed by atoms with Crippen molar-refractivity contribution >= 4 is 11.7 Å². The molecule has 0 bridgehead atoms. The summed E-state index contributed by atoms with van der Waals surface area (Å²) in [6.45, 7) is 5.35. The largest absolute Gasteiger partial charge is 0.360 e. The maximum absolute atomic E-state index is 12.5. The number of piperidine rings is 1. The maximum Gasteiger partial charge on any atom is 0.242 e. The molecule has 2 aromatic rings. The molecule has 0 unspecified atom stereocenters. The van der Waals surface area contributed by atoms with Crippen molar-refractivity contribution < 1.29 is 13.8 Å². The molecule has 1 N–H and O–H groups in total. The van der Waals surface area contributed by atoms with Gasteiger partial charge in [-0.1, -0.05) is 10.3 Å². The van der Waals surface area contributed by atoms with E-state index in [1.165, 1.54) is 0 Å². The van der Waals surface area contributed by atoms with E-state index in [9.17, 15) is 4.79 Å². The molecule has 2 aliphatic rings. The molecule has 1 aliphatic heterocycles. The highest BCUT2D eigenvalue weighted by molar-refractivity contribution is 5.93. The summed E-state index contributed by atoms with van der Waals surface area (Å²) < 4.78 is 10.4. The molecule has 4 rings (SSSR count). The first-order chi connectivity index (χ1) is 12.1. The van der Waals surface area contributed by atoms with Gasteiger partial charge in [0.05, 0.1) is 6.04 Å². The molecule has 8 heteroatoms. The number of carbonyl (C=O) groups excluding carboxylic acids is 1. The summed E-state index contributed by atoms with van der Waals surface area (Å²) in [5, 5.41) is 10.8. The highest BCUT2D eigenvalue weighted by Gasteiger charge is 2.33. The van der Waals surface area contributed by atoms with Gasteiger partial charge in [-0.25, -0.2) is 0 Å². The lowest BCUT2D eigenvalue weighted by atomic mass is 9.96. The van der Waals surface area contributed by atoms with E-state index in [-0.39, 0.29) is 17.9 Å². The number of anilines is 1. The van der Waals surface area contributed by atoms with E-state index < -0.39 is 0 Å². The number of hydrogen-bond acceptors (Lipinski definition) is 7. The predicted molar refractivity (Wildman–Crippen MR) is 89.2 cm³/mol. The zero-order chi connectivity index (χ0) is 17.4. The van der Waals surface area contributed by atoms with Crippen molar-refractivity contribution in [2.24, 2.45) is 0 Å². The highest BCUT2D eigenvalue weighted by atomic mass is 16.5. The molecule has 1 aliphatic carbocycles. The van der Waals surface area contributed by atoms with E-state index in [0.29, 0.717) is 17.5 Å². The van der Waals surface area contributed by atoms with Crippen molar-refractivity contribution in [3.8, 4) is 0 Å². The maximum atomic E-state index is 12.5. The van der Waals surface area contributed by atoms with Crippen LogP contribution in [-0.2, 0) is 4.79 Å². The van der Waals surface area contributed by atoms with Crippen LogP contribution in [0.25, 0.3) is 0 Å². The molecular formula is C17H23N5O3. The van der Waals surface area contributed by atoms with Crippen LogP contribution in [-0.4, -0.2) is 45.2 Å². The van der Waals surface area contributed by atoms with Gasteiger partial charge in [-0.3, -0.25) is 9.69 Å². The van der Waals surface area contributed by atoms with Gasteiger partial charge in [0.2, 0.25) is 11.8 Å². The summed E-state index contributed by atoms with van der Waals surface area (Å²) in [5.41, 5.74) is 0. The molecule has 8 nitrogen and oxygen atoms in total. The lowest BCUT2D eigenvalue weighted by Crippen LogP contribution is -2.46. The van der Waals surface area contributed by atoms with Gasteiger partial charge in [0.1, 0.15) is 5.76 Å². The summed E-state index contributed by atoms with van der Waals surface area (Å²) in [7, 11) is 0. The Morgan fingerprint density at radius 3 is 2.84 bits per heavy atom. The molecule has 25 heavy (non-hydrogen) atoms. The van der Waals surface area contributed by atoms with Crippen molar-refractivity contribution in [1.29, 1.82) is 0 Å². The summed E-state index contributed by atoms with van der Waals surface area (Å²) >= 11 is 0. The van der Waals surface area contributed by atoms with Gasteiger partial charge in [0.25, 0.3) is 0 Å². The van der Waals surface area contributed by atoms with E-state index >= 15 is 0 Å². The molecule has 1 amide bonds. The third-order valence-electron chi connectivity index (χ3n) is 5.01. The van der Waals surface area contributed by atoms with Gasteiger partial charge in [-0.2, -0.15) is 4.98 Å². The van der Waals surface area contributed by atoms with Crippen molar-refractivity contribution in [1.82, 2.24) is 20.2 Å². The number of hydrogen-bond donors (Lipinski definition) is 1. The Hall–Kier alpha value is -2.22. The van der Waals surface area contributed by atoms with E-state index in [1.54, 1.807) is 13.0 Å². The van der Waals surface area contributed by atoms with E-state index in [1.807, 2.05) is 6.92 Å². The lowest BCUT2D eigenvalue weighted by molar-refractivity contribution is -0.121. The van der Waals surface area contributed by atoms with Crippen LogP contribution in [0.3, 0.4) is 0 Å². The minimum absolute atomic E-state index is 0.0827. The summed E-state index contributed by atoms with van der Waals surface area (Å²) in [6, 6.07) is 1.46. The Labute approximate surface area is 145 Å². The van der Waals surface area contributed by atoms with Crippen LogP contribution < -0.4 is 5.32 Å². The Morgan fingerprint density at radius 2 is 2.12 bits per heavy atom. The third kappa shape index (κ3) is 3.58. The lowest BCUT2D eigenvalue weighted by Gasteiger charge is -2.34. The summed E-state index contributed by atoms with van der Waals surface area (Å²) in [6.07, 6.45) is 4.34. The average Bonchev–Trinajstić information content (AvgIpc) is 3.21. The second-order valence-corrected chi connectivity index (χ2v) is 7.09. The molecule has 1 saturated carbocycles. The van der Waals surface area contributed by atoms with Crippen LogP contribution in [0.5, 0.6) is 0 Å². The predicted octanol–water partition coefficient (Wildman–Crippen LogP) is 2.45. The minimum Gasteiger partial charge on any atom is -0.360 e. The van der Waals surface area contributed by atoms with Gasteiger partial charge in [0.15, 0.2) is 11.6 Å². The van der Waals surface area contributed by atoms with Crippen LogP contribution in [0.2, 0.25) is 0 Å². The van der Waals surface area contributed by atoms with E-state index in [4.69, 9.17) is 9.05 Å². The monoisotopic (exact) mass is 345 g/mol. The molecular weight excluding hydrogens is 322 g/mol. The van der Waals surface area contributed by atoms with Gasteiger partial charge < -0.3 is 14.4 Å². The summed E-state index contributed by atoms with van der Waals surface area (Å²) in [4.78, 5) is 19.2. The molecule has 2 atom stereocenters. The third-order valence-corrected chi connectivity index (χ3v) is 5.01. The Morgan fingerprint density at radius 1 is 1.28 bits per heavy atom. The van der Waals surface area contributed by atoms with Crippen molar-refractivity contribution in [2.45, 2.75) is 57.4 Å². The van der Waals surface area contributed by atoms with Crippen LogP contribution in [0.1, 0.15) is 61.9 Å². The first-order valence-corrected chi connectivity index (χ1v) is 8.92. The number of carbonyl (C=O) groups is 1. The molecule has 1 saturated heterocycles. The molecule has 134 valence electrons. The molecule has 2 aromatic heterocycles. The fourth-order valence-corrected chi connectivity index (χ4v) is 3.30. The zero-order valence-corrected chi connectivity index (χ0v) is 14.6. The number of rotatable bonds is 5. The smallest absolute Gasteiger partial charge is 0.242 e. The zero-order valence-electron chi connectivity index (χ0n) is 14.6. The van der Waals surface area contributed by atoms with Crippen LogP contribution in [0.15, 0.2) is 15.1 Å². The fourth-order valence-electron chi connectivity index (χ4n) is 3.30. The second kappa shape index (κ2) is 6.59. The first-order valence-electron chi connectivity index (χ1n) is 8.92. The second-order valence-electron chi connectivity index (χ2n) is 7.09. The van der Waals surface area contributed by atoms with Gasteiger partial charge in [-0.15, -0.1) is 0 Å². The first kappa shape index (κ1) is 16.3. The fraction of sp³-hybridized carbons (Fsp3) is 0.647. The van der Waals surface area contributed by atoms with Gasteiger partial charge in [-0.05, 0) is 46.1 Å². The van der Waals surface area contributed by atoms with E-state index in [2.05, 4.69) is 25.5 Å². The Balaban J connectivity index is 1.38. The number of likely N-dealkylation sites (tertiary alicyclic amines) is 1. The number of nitrogens with zero attached hydrogens (tertiary/aromatic N) is 4. The molecule has 0 spiro atoms. The van der Waals surface area contributed by atoms with Crippen molar-refractivity contribution in [3.63, 3.8) is 0 Å². The van der Waals surface area contributed by atoms with Crippen molar-refractivity contribution in [2.75, 3.05) is 18.4 Å². The summed E-state index contributed by atoms with van der Waals surface area (Å²) in [5.74, 6) is 3.29. The molecule has 2 fully saturated rings. The Kier molecular flexibility index (Phi) is 4.29. The molecule has 3 heterocycles. The van der Waals surface area contributed by atoms with E-state index in [0.717, 1.165) is 50.5 Å². The number of aromatic nitrogens is 3. The number of nitrogens with one attached hydrogen (secondary N) is 1. The standard InChI is InChI=1S/C17H23N5O3/c1-10-8-14(20-24-10)18-16(23)11(2)22-7-3-4-13(9-22)15-19-17(25-21-15)12-5-6-12/h8,11-13H,3-7,9H2,1-2H3,(H,18,20,23)/t11-,13+/m0/s1. The van der Waals surface area contributed by atoms with Gasteiger partial charge >= 0.3 is 0 Å². The van der Waals surface area contributed by atoms with Crippen LogP contribution in [0.4, 0.5) is 5.82 Å². The number of aryl methyl sites for hydroxylation is 1. The molecule has 0 radical (unpaired) electrons. The Bertz CT molecular complexity index is 751. The number of amides is 1. The normalized spacial score (nSPS) is 22.7. The topological polar surface area (TPSA) is 97.3 Å².